The van der Waals surface area contributed by atoms with Crippen molar-refractivity contribution in [3.8, 4) is 11.5 Å². The standard InChI is InChI=1S/C10H6Cl2F2N2O2/c1-4-15-5-2-7-8(3-6(5)16-4)18-10(12,14)9(11,13)17-7/h2-3H,1H3,(H,15,16). The molecule has 2 aromatic rings. The first-order chi connectivity index (χ1) is 8.28. The van der Waals surface area contributed by atoms with E-state index in [1.54, 1.807) is 6.92 Å². The molecule has 4 nitrogen and oxygen atoms in total. The van der Waals surface area contributed by atoms with E-state index in [-0.39, 0.29) is 11.5 Å². The fourth-order valence-corrected chi connectivity index (χ4v) is 1.94. The Kier molecular flexibility index (Phi) is 2.22. The van der Waals surface area contributed by atoms with Gasteiger partial charge in [0, 0.05) is 12.1 Å². The van der Waals surface area contributed by atoms with Crippen LogP contribution in [0.25, 0.3) is 11.0 Å². The number of aromatic amines is 1. The second kappa shape index (κ2) is 3.39. The van der Waals surface area contributed by atoms with Gasteiger partial charge < -0.3 is 14.5 Å². The van der Waals surface area contributed by atoms with Crippen LogP contribution >= 0.6 is 23.2 Å². The number of nitrogens with zero attached hydrogens (tertiary/aromatic N) is 1. The summed E-state index contributed by atoms with van der Waals surface area (Å²) in [5.41, 5.74) is 1.10. The summed E-state index contributed by atoms with van der Waals surface area (Å²) in [5, 5.41) is -6.61. The van der Waals surface area contributed by atoms with Gasteiger partial charge in [-0.2, -0.15) is 8.78 Å². The van der Waals surface area contributed by atoms with Crippen molar-refractivity contribution in [1.29, 1.82) is 0 Å². The van der Waals surface area contributed by atoms with Gasteiger partial charge in [-0.25, -0.2) is 4.98 Å². The van der Waals surface area contributed by atoms with Crippen LogP contribution in [-0.4, -0.2) is 20.6 Å². The van der Waals surface area contributed by atoms with Crippen LogP contribution in [0.15, 0.2) is 12.1 Å². The van der Waals surface area contributed by atoms with Crippen LogP contribution in [-0.2, 0) is 0 Å². The molecule has 0 radical (unpaired) electrons. The molecule has 1 aliphatic rings. The lowest BCUT2D eigenvalue weighted by atomic mass is 10.2. The number of benzene rings is 1. The number of hydrogen-bond acceptors (Lipinski definition) is 3. The van der Waals surface area contributed by atoms with E-state index in [1.807, 2.05) is 0 Å². The molecule has 0 saturated carbocycles. The van der Waals surface area contributed by atoms with Gasteiger partial charge in [0.2, 0.25) is 0 Å². The van der Waals surface area contributed by atoms with Crippen LogP contribution in [0.3, 0.4) is 0 Å². The predicted molar refractivity (Wildman–Crippen MR) is 61.5 cm³/mol. The molecule has 0 spiro atoms. The molecule has 18 heavy (non-hydrogen) atoms. The summed E-state index contributed by atoms with van der Waals surface area (Å²) in [6.07, 6.45) is 0. The van der Waals surface area contributed by atoms with Crippen LogP contribution in [0.2, 0.25) is 0 Å². The molecule has 0 amide bonds. The first kappa shape index (κ1) is 11.8. The highest BCUT2D eigenvalue weighted by Crippen LogP contribution is 2.50. The molecule has 0 bridgehead atoms. The zero-order valence-electron chi connectivity index (χ0n) is 8.93. The number of imidazole rings is 1. The number of alkyl halides is 4. The average molecular weight is 295 g/mol. The lowest BCUT2D eigenvalue weighted by Gasteiger charge is -2.34. The van der Waals surface area contributed by atoms with E-state index in [1.165, 1.54) is 12.1 Å². The fourth-order valence-electron chi connectivity index (χ4n) is 1.70. The molecule has 8 heteroatoms. The van der Waals surface area contributed by atoms with Gasteiger partial charge in [-0.15, -0.1) is 0 Å². The van der Waals surface area contributed by atoms with Crippen molar-refractivity contribution in [2.75, 3.05) is 0 Å². The quantitative estimate of drug-likeness (QED) is 0.758. The number of rotatable bonds is 0. The predicted octanol–water partition coefficient (Wildman–Crippen LogP) is 3.37. The highest BCUT2D eigenvalue weighted by molar-refractivity contribution is 6.32. The SMILES string of the molecule is Cc1nc2cc3c(cc2[nH]1)OC(F)(Cl)C(F)(Cl)O3. The third kappa shape index (κ3) is 1.59. The maximum Gasteiger partial charge on any atom is 0.414 e. The molecule has 96 valence electrons. The van der Waals surface area contributed by atoms with E-state index in [2.05, 4.69) is 19.4 Å². The summed E-state index contributed by atoms with van der Waals surface area (Å²) in [6.45, 7) is 1.74. The summed E-state index contributed by atoms with van der Waals surface area (Å²) in [5.74, 6) is 0.514. The molecule has 2 atom stereocenters. The third-order valence-corrected chi connectivity index (χ3v) is 3.22. The Labute approximate surface area is 110 Å². The monoisotopic (exact) mass is 294 g/mol. The van der Waals surface area contributed by atoms with Crippen molar-refractivity contribution in [3.05, 3.63) is 18.0 Å². The zero-order chi connectivity index (χ0) is 13.1. The molecule has 0 fully saturated rings. The number of aryl methyl sites for hydroxylation is 1. The van der Waals surface area contributed by atoms with Crippen molar-refractivity contribution >= 4 is 34.2 Å². The summed E-state index contributed by atoms with van der Waals surface area (Å²) >= 11 is 10.4. The summed E-state index contributed by atoms with van der Waals surface area (Å²) in [7, 11) is 0. The summed E-state index contributed by atoms with van der Waals surface area (Å²) in [6, 6.07) is 2.80. The molecule has 1 aromatic heterocycles. The molecule has 3 rings (SSSR count). The van der Waals surface area contributed by atoms with Crippen molar-refractivity contribution in [2.45, 2.75) is 17.6 Å². The number of H-pyrrole nitrogens is 1. The van der Waals surface area contributed by atoms with Crippen molar-refractivity contribution in [1.82, 2.24) is 9.97 Å². The molecule has 0 saturated heterocycles. The molecule has 1 N–H and O–H groups in total. The molecule has 2 unspecified atom stereocenters. The highest BCUT2D eigenvalue weighted by Gasteiger charge is 2.60. The largest absolute Gasteiger partial charge is 0.435 e. The second-order valence-corrected chi connectivity index (χ2v) is 4.85. The minimum atomic E-state index is -3.30. The number of aromatic nitrogens is 2. The first-order valence-electron chi connectivity index (χ1n) is 4.92. The third-order valence-electron chi connectivity index (χ3n) is 2.48. The van der Waals surface area contributed by atoms with E-state index in [4.69, 9.17) is 23.2 Å². The van der Waals surface area contributed by atoms with E-state index in [0.717, 1.165) is 0 Å². The number of fused-ring (bicyclic) bond motifs is 2. The van der Waals surface area contributed by atoms with Gasteiger partial charge in [0.15, 0.2) is 11.5 Å². The molecule has 2 heterocycles. The highest BCUT2D eigenvalue weighted by atomic mass is 35.5. The Morgan fingerprint density at radius 3 is 2.33 bits per heavy atom. The van der Waals surface area contributed by atoms with Gasteiger partial charge in [0.05, 0.1) is 11.0 Å². The molecule has 1 aromatic carbocycles. The fraction of sp³-hybridized carbons (Fsp3) is 0.300. The average Bonchev–Trinajstić information content (AvgIpc) is 2.55. The number of halogens is 4. The van der Waals surface area contributed by atoms with Crippen LogP contribution in [0, 0.1) is 6.92 Å². The first-order valence-corrected chi connectivity index (χ1v) is 5.68. The van der Waals surface area contributed by atoms with Gasteiger partial charge in [0.25, 0.3) is 0 Å². The lowest BCUT2D eigenvalue weighted by Crippen LogP contribution is -2.50. The van der Waals surface area contributed by atoms with Crippen LogP contribution in [0.5, 0.6) is 11.5 Å². The molecular weight excluding hydrogens is 289 g/mol. The molecule has 0 aliphatic carbocycles. The van der Waals surface area contributed by atoms with Crippen molar-refractivity contribution in [2.24, 2.45) is 0 Å². The minimum absolute atomic E-state index is 0.0578. The minimum Gasteiger partial charge on any atom is -0.435 e. The summed E-state index contributed by atoms with van der Waals surface area (Å²) < 4.78 is 36.6. The zero-order valence-corrected chi connectivity index (χ0v) is 10.4. The van der Waals surface area contributed by atoms with Gasteiger partial charge >= 0.3 is 10.6 Å². The smallest absolute Gasteiger partial charge is 0.414 e. The number of nitrogens with one attached hydrogen (secondary N) is 1. The Hall–Kier alpha value is -1.27. The molecule has 1 aliphatic heterocycles. The van der Waals surface area contributed by atoms with E-state index < -0.39 is 10.6 Å². The Bertz CT molecular complexity index is 589. The van der Waals surface area contributed by atoms with Gasteiger partial charge in [-0.3, -0.25) is 0 Å². The summed E-state index contributed by atoms with van der Waals surface area (Å²) in [4.78, 5) is 7.04. The molecular formula is C10H6Cl2F2N2O2. The van der Waals surface area contributed by atoms with Crippen LogP contribution in [0.1, 0.15) is 5.82 Å². The second-order valence-electron chi connectivity index (χ2n) is 3.88. The van der Waals surface area contributed by atoms with E-state index >= 15 is 0 Å². The Balaban J connectivity index is 2.18. The van der Waals surface area contributed by atoms with E-state index in [9.17, 15) is 8.78 Å². The number of ether oxygens (including phenoxy) is 2. The Morgan fingerprint density at radius 1 is 1.17 bits per heavy atom. The van der Waals surface area contributed by atoms with Crippen molar-refractivity contribution < 1.29 is 18.3 Å². The van der Waals surface area contributed by atoms with Crippen LogP contribution < -0.4 is 9.47 Å². The van der Waals surface area contributed by atoms with Gasteiger partial charge in [0.1, 0.15) is 5.82 Å². The maximum atomic E-state index is 13.6. The Morgan fingerprint density at radius 2 is 1.72 bits per heavy atom. The maximum absolute atomic E-state index is 13.6. The van der Waals surface area contributed by atoms with Crippen LogP contribution in [0.4, 0.5) is 8.78 Å². The van der Waals surface area contributed by atoms with Crippen molar-refractivity contribution in [3.63, 3.8) is 0 Å². The van der Waals surface area contributed by atoms with E-state index in [0.29, 0.717) is 16.9 Å². The lowest BCUT2D eigenvalue weighted by molar-refractivity contribution is -0.179. The normalized spacial score (nSPS) is 30.7. The van der Waals surface area contributed by atoms with Gasteiger partial charge in [-0.1, -0.05) is 0 Å². The topological polar surface area (TPSA) is 47.1 Å². The number of hydrogen-bond donors (Lipinski definition) is 1. The van der Waals surface area contributed by atoms with Gasteiger partial charge in [-0.05, 0) is 30.1 Å².